The van der Waals surface area contributed by atoms with Gasteiger partial charge in [0, 0.05) is 11.1 Å². The van der Waals surface area contributed by atoms with E-state index < -0.39 is 10.1 Å². The third-order valence-electron chi connectivity index (χ3n) is 2.58. The van der Waals surface area contributed by atoms with Gasteiger partial charge in [0.2, 0.25) is 0 Å². The Bertz CT molecular complexity index is 707. The smallest absolute Gasteiger partial charge is 0.289 e. The van der Waals surface area contributed by atoms with Gasteiger partial charge in [0.05, 0.1) is 12.0 Å². The van der Waals surface area contributed by atoms with Gasteiger partial charge in [0.25, 0.3) is 0 Å². The van der Waals surface area contributed by atoms with E-state index >= 15 is 0 Å². The molecule has 0 aliphatic carbocycles. The van der Waals surface area contributed by atoms with Crippen LogP contribution in [0.5, 0.6) is 0 Å². The fraction of sp³-hybridized carbons (Fsp3) is 0.0714. The average Bonchev–Trinajstić information content (AvgIpc) is 2.47. The number of benzene rings is 2. The quantitative estimate of drug-likeness (QED) is 0.480. The van der Waals surface area contributed by atoms with Gasteiger partial charge >= 0.3 is 10.1 Å². The minimum absolute atomic E-state index is 0.138. The summed E-state index contributed by atoms with van der Waals surface area (Å²) >= 11 is 0. The summed E-state index contributed by atoms with van der Waals surface area (Å²) in [5.74, 6) is -0.264. The van der Waals surface area contributed by atoms with Crippen LogP contribution in [0.25, 0.3) is 0 Å². The number of rotatable bonds is 5. The molecule has 0 amide bonds. The molecule has 0 heterocycles. The topological polar surface area (TPSA) is 69.7 Å². The molecular formula is C14H12O5S. The lowest BCUT2D eigenvalue weighted by Crippen LogP contribution is -2.08. The van der Waals surface area contributed by atoms with Crippen LogP contribution in [0.2, 0.25) is 0 Å². The lowest BCUT2D eigenvalue weighted by molar-refractivity contribution is -0.172. The van der Waals surface area contributed by atoms with Crippen LogP contribution >= 0.6 is 0 Å². The van der Waals surface area contributed by atoms with Crippen LogP contribution in [0.1, 0.15) is 15.9 Å². The van der Waals surface area contributed by atoms with E-state index in [9.17, 15) is 13.2 Å². The summed E-state index contributed by atoms with van der Waals surface area (Å²) in [5.41, 5.74) is 0.742. The largest absolute Gasteiger partial charge is 0.323 e. The van der Waals surface area contributed by atoms with E-state index in [2.05, 4.69) is 9.22 Å². The van der Waals surface area contributed by atoms with Crippen molar-refractivity contribution in [1.29, 1.82) is 0 Å². The Balaban J connectivity index is 2.38. The van der Waals surface area contributed by atoms with E-state index in [1.54, 1.807) is 36.4 Å². The third-order valence-corrected chi connectivity index (χ3v) is 3.73. The molecule has 0 aliphatic rings. The van der Waals surface area contributed by atoms with E-state index in [0.29, 0.717) is 5.56 Å². The second kappa shape index (κ2) is 5.96. The molecule has 2 aromatic carbocycles. The Morgan fingerprint density at radius 1 is 0.950 bits per heavy atom. The first-order valence-electron chi connectivity index (χ1n) is 5.72. The maximum absolute atomic E-state index is 12.2. The molecule has 0 saturated heterocycles. The molecular weight excluding hydrogens is 280 g/mol. The molecule has 0 fully saturated rings. The Kier molecular flexibility index (Phi) is 4.29. The second-order valence-electron chi connectivity index (χ2n) is 3.91. The molecule has 0 aliphatic heterocycles. The molecule has 104 valence electrons. The summed E-state index contributed by atoms with van der Waals surface area (Å²) in [4.78, 5) is 16.3. The van der Waals surface area contributed by atoms with Crippen molar-refractivity contribution < 1.29 is 22.4 Å². The van der Waals surface area contributed by atoms with Crippen molar-refractivity contribution in [3.63, 3.8) is 0 Å². The standard InChI is InChI=1S/C14H12O5S/c1-18-19-20(16,17)13-9-5-8-12(10-13)14(15)11-6-3-2-4-7-11/h2-10H,1H3. The van der Waals surface area contributed by atoms with Crippen LogP contribution < -0.4 is 0 Å². The molecule has 0 atom stereocenters. The summed E-state index contributed by atoms with van der Waals surface area (Å²) in [6.07, 6.45) is 0. The highest BCUT2D eigenvalue weighted by Crippen LogP contribution is 2.17. The van der Waals surface area contributed by atoms with Crippen LogP contribution in [-0.2, 0) is 19.3 Å². The Morgan fingerprint density at radius 2 is 1.60 bits per heavy atom. The van der Waals surface area contributed by atoms with Gasteiger partial charge in [-0.15, -0.1) is 4.33 Å². The molecule has 20 heavy (non-hydrogen) atoms. The Labute approximate surface area is 116 Å². The highest BCUT2D eigenvalue weighted by Gasteiger charge is 2.18. The molecule has 0 bridgehead atoms. The molecule has 2 aromatic rings. The number of hydrogen-bond acceptors (Lipinski definition) is 5. The number of carbonyl (C=O) groups is 1. The molecule has 0 saturated carbocycles. The first-order valence-corrected chi connectivity index (χ1v) is 7.12. The average molecular weight is 292 g/mol. The van der Waals surface area contributed by atoms with Gasteiger partial charge in [-0.1, -0.05) is 42.5 Å². The summed E-state index contributed by atoms with van der Waals surface area (Å²) in [5, 5.41) is 0. The maximum atomic E-state index is 12.2. The van der Waals surface area contributed by atoms with Crippen molar-refractivity contribution >= 4 is 15.9 Å². The third kappa shape index (κ3) is 3.11. The molecule has 2 rings (SSSR count). The molecule has 5 nitrogen and oxygen atoms in total. The van der Waals surface area contributed by atoms with Crippen LogP contribution in [0.4, 0.5) is 0 Å². The highest BCUT2D eigenvalue weighted by molar-refractivity contribution is 7.86. The van der Waals surface area contributed by atoms with Crippen LogP contribution in [0.3, 0.4) is 0 Å². The van der Waals surface area contributed by atoms with Gasteiger partial charge < -0.3 is 0 Å². The summed E-state index contributed by atoms with van der Waals surface area (Å²) in [6, 6.07) is 14.2. The molecule has 6 heteroatoms. The highest BCUT2D eigenvalue weighted by atomic mass is 32.2. The maximum Gasteiger partial charge on any atom is 0.323 e. The first kappa shape index (κ1) is 14.4. The molecule has 0 N–H and O–H groups in total. The zero-order valence-corrected chi connectivity index (χ0v) is 11.5. The molecule has 0 aromatic heterocycles. The van der Waals surface area contributed by atoms with Crippen molar-refractivity contribution in [2.24, 2.45) is 0 Å². The fourth-order valence-electron chi connectivity index (χ4n) is 1.68. The van der Waals surface area contributed by atoms with E-state index in [1.807, 2.05) is 0 Å². The SMILES string of the molecule is COOS(=O)(=O)c1cccc(C(=O)c2ccccc2)c1. The van der Waals surface area contributed by atoms with E-state index in [0.717, 1.165) is 7.11 Å². The Morgan fingerprint density at radius 3 is 2.25 bits per heavy atom. The van der Waals surface area contributed by atoms with Crippen LogP contribution in [0, 0.1) is 0 Å². The van der Waals surface area contributed by atoms with Gasteiger partial charge in [-0.2, -0.15) is 8.42 Å². The van der Waals surface area contributed by atoms with Crippen molar-refractivity contribution in [3.8, 4) is 0 Å². The molecule has 0 unspecified atom stereocenters. The monoisotopic (exact) mass is 292 g/mol. The second-order valence-corrected chi connectivity index (χ2v) is 5.43. The predicted molar refractivity (Wildman–Crippen MR) is 71.6 cm³/mol. The van der Waals surface area contributed by atoms with Crippen molar-refractivity contribution in [2.75, 3.05) is 7.11 Å². The molecule has 0 radical (unpaired) electrons. The van der Waals surface area contributed by atoms with Crippen molar-refractivity contribution in [1.82, 2.24) is 0 Å². The van der Waals surface area contributed by atoms with E-state index in [1.165, 1.54) is 18.2 Å². The minimum atomic E-state index is -4.02. The lowest BCUT2D eigenvalue weighted by atomic mass is 10.0. The van der Waals surface area contributed by atoms with E-state index in [-0.39, 0.29) is 16.2 Å². The number of hydrogen-bond donors (Lipinski definition) is 0. The Hall–Kier alpha value is -2.02. The van der Waals surface area contributed by atoms with Gasteiger partial charge in [0.15, 0.2) is 5.78 Å². The minimum Gasteiger partial charge on any atom is -0.289 e. The lowest BCUT2D eigenvalue weighted by Gasteiger charge is -2.05. The zero-order chi connectivity index (χ0) is 14.6. The normalized spacial score (nSPS) is 11.2. The van der Waals surface area contributed by atoms with E-state index in [4.69, 9.17) is 0 Å². The van der Waals surface area contributed by atoms with Crippen LogP contribution in [-0.4, -0.2) is 21.3 Å². The fourth-order valence-corrected chi connectivity index (χ4v) is 2.45. The van der Waals surface area contributed by atoms with Gasteiger partial charge in [0.1, 0.15) is 0 Å². The number of carbonyl (C=O) groups excluding carboxylic acids is 1. The molecule has 0 spiro atoms. The van der Waals surface area contributed by atoms with Gasteiger partial charge in [-0.25, -0.2) is 4.89 Å². The van der Waals surface area contributed by atoms with Crippen molar-refractivity contribution in [2.45, 2.75) is 4.90 Å². The zero-order valence-electron chi connectivity index (χ0n) is 10.6. The number of ketones is 1. The van der Waals surface area contributed by atoms with Gasteiger partial charge in [-0.05, 0) is 12.1 Å². The predicted octanol–water partition coefficient (Wildman–Crippen LogP) is 2.18. The van der Waals surface area contributed by atoms with Crippen LogP contribution in [0.15, 0.2) is 59.5 Å². The summed E-state index contributed by atoms with van der Waals surface area (Å²) < 4.78 is 27.6. The van der Waals surface area contributed by atoms with Crippen molar-refractivity contribution in [3.05, 3.63) is 65.7 Å². The summed E-state index contributed by atoms with van der Waals surface area (Å²) in [7, 11) is -2.93. The first-order chi connectivity index (χ1) is 9.54. The van der Waals surface area contributed by atoms with Gasteiger partial charge in [-0.3, -0.25) is 4.79 Å². The summed E-state index contributed by atoms with van der Waals surface area (Å²) in [6.45, 7) is 0.